The average molecular weight is 261 g/mol. The number of aromatic nitrogens is 4. The van der Waals surface area contributed by atoms with Crippen LogP contribution < -0.4 is 5.32 Å². The molecule has 0 fully saturated rings. The van der Waals surface area contributed by atoms with Gasteiger partial charge < -0.3 is 10.1 Å². The Morgan fingerprint density at radius 2 is 2.05 bits per heavy atom. The predicted octanol–water partition coefficient (Wildman–Crippen LogP) is 0.767. The molecule has 0 spiro atoms. The molecular formula is C11H11N5O3. The van der Waals surface area contributed by atoms with E-state index in [0.29, 0.717) is 11.3 Å². The molecule has 19 heavy (non-hydrogen) atoms. The first-order chi connectivity index (χ1) is 9.00. The first kappa shape index (κ1) is 12.7. The van der Waals surface area contributed by atoms with Gasteiger partial charge in [0.05, 0.1) is 18.0 Å². The summed E-state index contributed by atoms with van der Waals surface area (Å²) >= 11 is 0. The number of aromatic amines is 1. The second-order valence-electron chi connectivity index (χ2n) is 3.85. The Balaban J connectivity index is 2.32. The molecule has 0 unspecified atom stereocenters. The third kappa shape index (κ3) is 2.41. The van der Waals surface area contributed by atoms with Gasteiger partial charge in [0, 0.05) is 5.69 Å². The smallest absolute Gasteiger partial charge is 0.352 e. The van der Waals surface area contributed by atoms with Gasteiger partial charge in [-0.25, -0.2) is 9.78 Å². The number of hydrogen-bond acceptors (Lipinski definition) is 5. The Morgan fingerprint density at radius 3 is 2.58 bits per heavy atom. The number of carboxylic acid groups (broad SMARTS) is 1. The molecule has 98 valence electrons. The van der Waals surface area contributed by atoms with Crippen molar-refractivity contribution in [1.82, 2.24) is 20.2 Å². The van der Waals surface area contributed by atoms with Crippen LogP contribution in [0.3, 0.4) is 0 Å². The zero-order valence-electron chi connectivity index (χ0n) is 10.3. The van der Waals surface area contributed by atoms with E-state index in [4.69, 9.17) is 5.11 Å². The van der Waals surface area contributed by atoms with Gasteiger partial charge in [0.25, 0.3) is 5.91 Å². The Morgan fingerprint density at radius 1 is 1.32 bits per heavy atom. The minimum absolute atomic E-state index is 0.00486. The number of amides is 1. The molecule has 0 radical (unpaired) electrons. The minimum Gasteiger partial charge on any atom is -0.477 e. The van der Waals surface area contributed by atoms with Crippen LogP contribution in [0.2, 0.25) is 0 Å². The lowest BCUT2D eigenvalue weighted by Gasteiger charge is -2.03. The predicted molar refractivity (Wildman–Crippen MR) is 65.0 cm³/mol. The van der Waals surface area contributed by atoms with Crippen LogP contribution in [0, 0.1) is 13.8 Å². The highest BCUT2D eigenvalue weighted by Gasteiger charge is 2.22. The summed E-state index contributed by atoms with van der Waals surface area (Å²) in [5.74, 6) is -1.53. The van der Waals surface area contributed by atoms with E-state index in [0.717, 1.165) is 0 Å². The number of nitrogens with zero attached hydrogens (tertiary/aromatic N) is 3. The van der Waals surface area contributed by atoms with Crippen LogP contribution in [0.15, 0.2) is 12.4 Å². The zero-order valence-corrected chi connectivity index (χ0v) is 10.3. The van der Waals surface area contributed by atoms with Gasteiger partial charge in [-0.3, -0.25) is 10.1 Å². The summed E-state index contributed by atoms with van der Waals surface area (Å²) < 4.78 is 0. The first-order valence-electron chi connectivity index (χ1n) is 5.38. The molecule has 2 rings (SSSR count). The molecule has 0 aliphatic carbocycles. The zero-order chi connectivity index (χ0) is 14.0. The molecule has 2 aromatic heterocycles. The van der Waals surface area contributed by atoms with Crippen LogP contribution in [0.4, 0.5) is 5.95 Å². The summed E-state index contributed by atoms with van der Waals surface area (Å²) in [6.07, 6.45) is 2.77. The molecule has 2 aromatic rings. The fourth-order valence-electron chi connectivity index (χ4n) is 1.77. The van der Waals surface area contributed by atoms with Crippen LogP contribution in [-0.2, 0) is 0 Å². The number of carbonyl (C=O) groups is 2. The second-order valence-corrected chi connectivity index (χ2v) is 3.85. The second kappa shape index (κ2) is 4.84. The largest absolute Gasteiger partial charge is 0.477 e. The lowest BCUT2D eigenvalue weighted by molar-refractivity contribution is 0.0690. The van der Waals surface area contributed by atoms with Crippen molar-refractivity contribution in [3.63, 3.8) is 0 Å². The number of nitrogens with one attached hydrogen (secondary N) is 2. The van der Waals surface area contributed by atoms with Crippen LogP contribution >= 0.6 is 0 Å². The molecule has 2 heterocycles. The van der Waals surface area contributed by atoms with Gasteiger partial charge in [-0.15, -0.1) is 5.10 Å². The Bertz CT molecular complexity index is 635. The van der Waals surface area contributed by atoms with E-state index in [-0.39, 0.29) is 17.2 Å². The van der Waals surface area contributed by atoms with Crippen LogP contribution in [-0.4, -0.2) is 37.1 Å². The topological polar surface area (TPSA) is 121 Å². The minimum atomic E-state index is -1.11. The molecule has 8 heteroatoms. The number of aromatic carboxylic acids is 1. The van der Waals surface area contributed by atoms with E-state index in [1.807, 2.05) is 0 Å². The highest BCUT2D eigenvalue weighted by atomic mass is 16.4. The molecule has 0 atom stereocenters. The average Bonchev–Trinajstić information content (AvgIpc) is 2.66. The number of hydrogen-bond donors (Lipinski definition) is 3. The van der Waals surface area contributed by atoms with Crippen molar-refractivity contribution in [2.24, 2.45) is 0 Å². The maximum Gasteiger partial charge on any atom is 0.352 e. The molecule has 1 amide bonds. The highest BCUT2D eigenvalue weighted by molar-refractivity contribution is 6.07. The van der Waals surface area contributed by atoms with Crippen molar-refractivity contribution < 1.29 is 14.7 Å². The molecule has 3 N–H and O–H groups in total. The van der Waals surface area contributed by atoms with Gasteiger partial charge in [-0.1, -0.05) is 0 Å². The van der Waals surface area contributed by atoms with Crippen molar-refractivity contribution in [3.05, 3.63) is 34.9 Å². The number of aryl methyl sites for hydroxylation is 1. The van der Waals surface area contributed by atoms with Crippen molar-refractivity contribution in [3.8, 4) is 0 Å². The fourth-order valence-corrected chi connectivity index (χ4v) is 1.77. The van der Waals surface area contributed by atoms with E-state index >= 15 is 0 Å². The molecule has 0 bridgehead atoms. The Labute approximate surface area is 107 Å². The summed E-state index contributed by atoms with van der Waals surface area (Å²) in [4.78, 5) is 29.5. The van der Waals surface area contributed by atoms with E-state index in [2.05, 4.69) is 25.5 Å². The number of H-pyrrole nitrogens is 1. The Hall–Kier alpha value is -2.77. The van der Waals surface area contributed by atoms with Crippen molar-refractivity contribution in [1.29, 1.82) is 0 Å². The SMILES string of the molecule is Cc1[nH]c(C(=O)O)c(C)c1C(=O)Nc1nccnn1. The van der Waals surface area contributed by atoms with Crippen molar-refractivity contribution in [2.45, 2.75) is 13.8 Å². The quantitative estimate of drug-likeness (QED) is 0.750. The molecule has 0 aromatic carbocycles. The standard InChI is InChI=1S/C11H11N5O3/c1-5-7(6(2)14-8(5)10(18)19)9(17)15-11-12-3-4-13-16-11/h3-4,14H,1-2H3,(H,18,19)(H,12,15,16,17). The molecular weight excluding hydrogens is 250 g/mol. The summed E-state index contributed by atoms with van der Waals surface area (Å²) in [5, 5.41) is 18.6. The summed E-state index contributed by atoms with van der Waals surface area (Å²) in [6, 6.07) is 0. The summed E-state index contributed by atoms with van der Waals surface area (Å²) in [7, 11) is 0. The third-order valence-electron chi connectivity index (χ3n) is 2.59. The van der Waals surface area contributed by atoms with Crippen LogP contribution in [0.1, 0.15) is 32.1 Å². The van der Waals surface area contributed by atoms with E-state index in [1.165, 1.54) is 12.4 Å². The molecule has 0 saturated heterocycles. The number of rotatable bonds is 3. The Kier molecular flexibility index (Phi) is 3.23. The normalized spacial score (nSPS) is 10.2. The summed E-state index contributed by atoms with van der Waals surface area (Å²) in [5.41, 5.74) is 1.10. The monoisotopic (exact) mass is 261 g/mol. The summed E-state index contributed by atoms with van der Waals surface area (Å²) in [6.45, 7) is 3.18. The number of carbonyl (C=O) groups excluding carboxylic acids is 1. The lowest BCUT2D eigenvalue weighted by atomic mass is 10.1. The molecule has 8 nitrogen and oxygen atoms in total. The van der Waals surface area contributed by atoms with E-state index < -0.39 is 11.9 Å². The fraction of sp³-hybridized carbons (Fsp3) is 0.182. The lowest BCUT2D eigenvalue weighted by Crippen LogP contribution is -2.16. The van der Waals surface area contributed by atoms with Crippen LogP contribution in [0.5, 0.6) is 0 Å². The van der Waals surface area contributed by atoms with Gasteiger partial charge in [0.2, 0.25) is 5.95 Å². The van der Waals surface area contributed by atoms with E-state index in [1.54, 1.807) is 13.8 Å². The first-order valence-corrected chi connectivity index (χ1v) is 5.38. The van der Waals surface area contributed by atoms with Gasteiger partial charge in [0.1, 0.15) is 5.69 Å². The highest BCUT2D eigenvalue weighted by Crippen LogP contribution is 2.18. The molecule has 0 saturated carbocycles. The molecule has 0 aliphatic rings. The number of carboxylic acids is 1. The van der Waals surface area contributed by atoms with Gasteiger partial charge in [-0.2, -0.15) is 5.10 Å². The molecule has 0 aliphatic heterocycles. The maximum atomic E-state index is 12.1. The third-order valence-corrected chi connectivity index (χ3v) is 2.59. The number of anilines is 1. The van der Waals surface area contributed by atoms with Gasteiger partial charge >= 0.3 is 5.97 Å². The van der Waals surface area contributed by atoms with Gasteiger partial charge in [-0.05, 0) is 19.4 Å². The van der Waals surface area contributed by atoms with Crippen molar-refractivity contribution >= 4 is 17.8 Å². The van der Waals surface area contributed by atoms with Gasteiger partial charge in [0.15, 0.2) is 0 Å². The van der Waals surface area contributed by atoms with Crippen LogP contribution in [0.25, 0.3) is 0 Å². The van der Waals surface area contributed by atoms with Crippen molar-refractivity contribution in [2.75, 3.05) is 5.32 Å². The maximum absolute atomic E-state index is 12.1. The van der Waals surface area contributed by atoms with E-state index in [9.17, 15) is 9.59 Å².